The zero-order valence-corrected chi connectivity index (χ0v) is 8.73. The topological polar surface area (TPSA) is 79.4 Å². The quantitative estimate of drug-likeness (QED) is 0.782. The molecule has 0 aliphatic carbocycles. The third kappa shape index (κ3) is 1.99. The Hall–Kier alpha value is -1.62. The SMILES string of the molecule is O=C(O)c1c(C2CCOCC2)cc[nH]c1=O. The predicted molar refractivity (Wildman–Crippen MR) is 56.8 cm³/mol. The highest BCUT2D eigenvalue weighted by Gasteiger charge is 2.23. The Kier molecular flexibility index (Phi) is 3.05. The van der Waals surface area contributed by atoms with E-state index >= 15 is 0 Å². The maximum Gasteiger partial charge on any atom is 0.341 e. The Morgan fingerprint density at radius 1 is 1.44 bits per heavy atom. The molecule has 2 heterocycles. The Labute approximate surface area is 92.1 Å². The summed E-state index contributed by atoms with van der Waals surface area (Å²) in [4.78, 5) is 24.9. The number of rotatable bonds is 2. The molecule has 1 aromatic heterocycles. The van der Waals surface area contributed by atoms with E-state index in [0.717, 1.165) is 12.8 Å². The minimum Gasteiger partial charge on any atom is -0.477 e. The highest BCUT2D eigenvalue weighted by atomic mass is 16.5. The van der Waals surface area contributed by atoms with Crippen LogP contribution in [0.3, 0.4) is 0 Å². The number of aromatic amines is 1. The van der Waals surface area contributed by atoms with Crippen molar-refractivity contribution in [1.29, 1.82) is 0 Å². The molecule has 0 bridgehead atoms. The number of hydrogen-bond acceptors (Lipinski definition) is 3. The van der Waals surface area contributed by atoms with Crippen molar-refractivity contribution in [2.75, 3.05) is 13.2 Å². The molecular formula is C11H13NO4. The van der Waals surface area contributed by atoms with Gasteiger partial charge in [-0.2, -0.15) is 0 Å². The van der Waals surface area contributed by atoms with Crippen LogP contribution >= 0.6 is 0 Å². The van der Waals surface area contributed by atoms with Crippen molar-refractivity contribution < 1.29 is 14.6 Å². The third-order valence-corrected chi connectivity index (χ3v) is 2.87. The zero-order valence-electron chi connectivity index (χ0n) is 8.73. The molecule has 1 saturated heterocycles. The van der Waals surface area contributed by atoms with Gasteiger partial charge in [-0.05, 0) is 30.4 Å². The van der Waals surface area contributed by atoms with Crippen LogP contribution in [0.25, 0.3) is 0 Å². The molecule has 1 aromatic rings. The van der Waals surface area contributed by atoms with Crippen LogP contribution in [0.5, 0.6) is 0 Å². The molecular weight excluding hydrogens is 210 g/mol. The molecule has 16 heavy (non-hydrogen) atoms. The van der Waals surface area contributed by atoms with Gasteiger partial charge in [-0.15, -0.1) is 0 Å². The van der Waals surface area contributed by atoms with Gasteiger partial charge in [0.25, 0.3) is 5.56 Å². The first-order valence-corrected chi connectivity index (χ1v) is 5.23. The van der Waals surface area contributed by atoms with Gasteiger partial charge < -0.3 is 14.8 Å². The number of carboxylic acids is 1. The average molecular weight is 223 g/mol. The fourth-order valence-electron chi connectivity index (χ4n) is 2.06. The number of aromatic carboxylic acids is 1. The van der Waals surface area contributed by atoms with E-state index in [0.29, 0.717) is 18.8 Å². The highest BCUT2D eigenvalue weighted by Crippen LogP contribution is 2.27. The first-order valence-electron chi connectivity index (χ1n) is 5.23. The highest BCUT2D eigenvalue weighted by molar-refractivity contribution is 5.89. The minimum absolute atomic E-state index is 0.113. The molecule has 2 N–H and O–H groups in total. The Morgan fingerprint density at radius 3 is 2.75 bits per heavy atom. The van der Waals surface area contributed by atoms with Crippen LogP contribution in [0.4, 0.5) is 0 Å². The summed E-state index contributed by atoms with van der Waals surface area (Å²) >= 11 is 0. The van der Waals surface area contributed by atoms with E-state index in [2.05, 4.69) is 4.98 Å². The second-order valence-corrected chi connectivity index (χ2v) is 3.83. The second kappa shape index (κ2) is 4.49. The van der Waals surface area contributed by atoms with Gasteiger partial charge in [0.15, 0.2) is 0 Å². The summed E-state index contributed by atoms with van der Waals surface area (Å²) in [5.41, 5.74) is -0.0366. The molecule has 0 radical (unpaired) electrons. The van der Waals surface area contributed by atoms with E-state index in [1.54, 1.807) is 6.07 Å². The fourth-order valence-corrected chi connectivity index (χ4v) is 2.06. The number of ether oxygens (including phenoxy) is 1. The Bertz CT molecular complexity index is 446. The summed E-state index contributed by atoms with van der Waals surface area (Å²) < 4.78 is 5.22. The maximum atomic E-state index is 11.5. The molecule has 2 rings (SSSR count). The Balaban J connectivity index is 2.42. The van der Waals surface area contributed by atoms with Crippen molar-refractivity contribution in [3.8, 4) is 0 Å². The van der Waals surface area contributed by atoms with Crippen LogP contribution in [0.2, 0.25) is 0 Å². The monoisotopic (exact) mass is 223 g/mol. The fraction of sp³-hybridized carbons (Fsp3) is 0.455. The molecule has 0 saturated carbocycles. The molecule has 0 unspecified atom stereocenters. The van der Waals surface area contributed by atoms with E-state index in [-0.39, 0.29) is 11.5 Å². The standard InChI is InChI=1S/C11H13NO4/c13-10-9(11(14)15)8(1-4-12-10)7-2-5-16-6-3-7/h1,4,7H,2-3,5-6H2,(H,12,13)(H,14,15). The summed E-state index contributed by atoms with van der Waals surface area (Å²) in [6.07, 6.45) is 3.03. The summed E-state index contributed by atoms with van der Waals surface area (Å²) in [5, 5.41) is 9.03. The lowest BCUT2D eigenvalue weighted by Gasteiger charge is -2.23. The minimum atomic E-state index is -1.16. The molecule has 0 atom stereocenters. The van der Waals surface area contributed by atoms with Gasteiger partial charge in [0.1, 0.15) is 5.56 Å². The van der Waals surface area contributed by atoms with Gasteiger partial charge in [-0.3, -0.25) is 4.79 Å². The summed E-state index contributed by atoms with van der Waals surface area (Å²) in [6.45, 7) is 1.24. The molecule has 0 spiro atoms. The molecule has 0 amide bonds. The molecule has 1 fully saturated rings. The predicted octanol–water partition coefficient (Wildman–Crippen LogP) is 0.967. The summed E-state index contributed by atoms with van der Waals surface area (Å²) in [5.74, 6) is -1.05. The molecule has 5 heteroatoms. The number of aromatic nitrogens is 1. The first-order chi connectivity index (χ1) is 7.70. The van der Waals surface area contributed by atoms with E-state index in [4.69, 9.17) is 9.84 Å². The van der Waals surface area contributed by atoms with E-state index in [1.165, 1.54) is 6.20 Å². The van der Waals surface area contributed by atoms with E-state index < -0.39 is 11.5 Å². The number of carbonyl (C=O) groups is 1. The van der Waals surface area contributed by atoms with Gasteiger partial charge >= 0.3 is 5.97 Å². The van der Waals surface area contributed by atoms with Gasteiger partial charge in [-0.25, -0.2) is 4.79 Å². The van der Waals surface area contributed by atoms with Crippen LogP contribution in [-0.4, -0.2) is 29.3 Å². The van der Waals surface area contributed by atoms with E-state index in [9.17, 15) is 9.59 Å². The summed E-state index contributed by atoms with van der Waals surface area (Å²) in [7, 11) is 0. The lowest BCUT2D eigenvalue weighted by Crippen LogP contribution is -2.24. The Morgan fingerprint density at radius 2 is 2.12 bits per heavy atom. The van der Waals surface area contributed by atoms with Crippen LogP contribution in [-0.2, 0) is 4.74 Å². The van der Waals surface area contributed by atoms with Gasteiger partial charge in [-0.1, -0.05) is 0 Å². The van der Waals surface area contributed by atoms with Crippen molar-refractivity contribution in [1.82, 2.24) is 4.98 Å². The molecule has 1 aliphatic heterocycles. The third-order valence-electron chi connectivity index (χ3n) is 2.87. The van der Waals surface area contributed by atoms with Crippen LogP contribution in [0.1, 0.15) is 34.7 Å². The largest absolute Gasteiger partial charge is 0.477 e. The number of pyridine rings is 1. The van der Waals surface area contributed by atoms with Gasteiger partial charge in [0.2, 0.25) is 0 Å². The van der Waals surface area contributed by atoms with Crippen LogP contribution in [0.15, 0.2) is 17.1 Å². The zero-order chi connectivity index (χ0) is 11.5. The van der Waals surface area contributed by atoms with Crippen LogP contribution in [0, 0.1) is 0 Å². The normalized spacial score (nSPS) is 17.2. The summed E-state index contributed by atoms with van der Waals surface area (Å²) in [6, 6.07) is 1.68. The second-order valence-electron chi connectivity index (χ2n) is 3.83. The van der Waals surface area contributed by atoms with Crippen molar-refractivity contribution in [2.45, 2.75) is 18.8 Å². The molecule has 5 nitrogen and oxygen atoms in total. The van der Waals surface area contributed by atoms with Crippen molar-refractivity contribution in [2.24, 2.45) is 0 Å². The van der Waals surface area contributed by atoms with E-state index in [1.807, 2.05) is 0 Å². The van der Waals surface area contributed by atoms with Gasteiger partial charge in [0.05, 0.1) is 0 Å². The molecule has 1 aliphatic rings. The first kappa shape index (κ1) is 10.9. The average Bonchev–Trinajstić information content (AvgIpc) is 2.29. The maximum absolute atomic E-state index is 11.5. The van der Waals surface area contributed by atoms with Crippen molar-refractivity contribution >= 4 is 5.97 Å². The van der Waals surface area contributed by atoms with Gasteiger partial charge in [0, 0.05) is 19.4 Å². The lowest BCUT2D eigenvalue weighted by atomic mass is 9.89. The number of H-pyrrole nitrogens is 1. The van der Waals surface area contributed by atoms with Crippen LogP contribution < -0.4 is 5.56 Å². The number of nitrogens with one attached hydrogen (secondary N) is 1. The lowest BCUT2D eigenvalue weighted by molar-refractivity contribution is 0.0683. The van der Waals surface area contributed by atoms with Crippen molar-refractivity contribution in [3.05, 3.63) is 33.7 Å². The number of hydrogen-bond donors (Lipinski definition) is 2. The molecule has 0 aromatic carbocycles. The van der Waals surface area contributed by atoms with Crippen molar-refractivity contribution in [3.63, 3.8) is 0 Å². The molecule has 86 valence electrons. The number of carboxylic acid groups (broad SMARTS) is 1. The smallest absolute Gasteiger partial charge is 0.341 e.